The molecule has 0 atom stereocenters. The monoisotopic (exact) mass is 944 g/mol. The molecule has 6 heteroatoms. The maximum absolute atomic E-state index is 7.32. The van der Waals surface area contributed by atoms with Crippen LogP contribution in [0.25, 0.3) is 101 Å². The fraction of sp³-hybridized carbons (Fsp3) is 0.250. The minimum absolute atomic E-state index is 0.0334. The molecule has 1 aliphatic heterocycles. The third kappa shape index (κ3) is 6.05. The molecule has 2 aliphatic rings. The summed E-state index contributed by atoms with van der Waals surface area (Å²) in [6, 6.07) is 49.2. The fourth-order valence-electron chi connectivity index (χ4n) is 12.5. The lowest BCUT2D eigenvalue weighted by molar-refractivity contribution is 0.332. The molecule has 70 heavy (non-hydrogen) atoms. The van der Waals surface area contributed by atoms with Crippen molar-refractivity contribution >= 4 is 136 Å². The van der Waals surface area contributed by atoms with E-state index in [1.165, 1.54) is 130 Å². The van der Waals surface area contributed by atoms with Gasteiger partial charge in [-0.3, -0.25) is 0 Å². The molecule has 3 nitrogen and oxygen atoms in total. The van der Waals surface area contributed by atoms with Gasteiger partial charge in [-0.05, 0) is 140 Å². The first-order valence-electron chi connectivity index (χ1n) is 25.2. The van der Waals surface area contributed by atoms with Crippen LogP contribution in [0.2, 0.25) is 0 Å². The van der Waals surface area contributed by atoms with Crippen molar-refractivity contribution in [3.63, 3.8) is 0 Å². The van der Waals surface area contributed by atoms with Crippen molar-refractivity contribution < 1.29 is 4.42 Å². The van der Waals surface area contributed by atoms with Crippen LogP contribution in [0.3, 0.4) is 0 Å². The van der Waals surface area contributed by atoms with Crippen molar-refractivity contribution in [2.45, 2.75) is 104 Å². The van der Waals surface area contributed by atoms with Crippen molar-refractivity contribution in [1.29, 1.82) is 0 Å². The predicted octanol–water partition coefficient (Wildman–Crippen LogP) is 17.5. The van der Waals surface area contributed by atoms with Crippen LogP contribution in [0, 0.1) is 0 Å². The van der Waals surface area contributed by atoms with Crippen molar-refractivity contribution in [3.05, 3.63) is 150 Å². The van der Waals surface area contributed by atoms with Gasteiger partial charge >= 0.3 is 0 Å². The molecule has 1 N–H and O–H groups in total. The summed E-state index contributed by atoms with van der Waals surface area (Å²) >= 11 is 3.84. The smallest absolute Gasteiger partial charge is 0.198 e. The number of anilines is 2. The predicted molar refractivity (Wildman–Crippen MR) is 308 cm³/mol. The highest BCUT2D eigenvalue weighted by Crippen LogP contribution is 2.52. The molecule has 0 radical (unpaired) electrons. The number of fused-ring (bicyclic) bond motifs is 16. The van der Waals surface area contributed by atoms with Crippen molar-refractivity contribution in [2.24, 2.45) is 0 Å². The highest BCUT2D eigenvalue weighted by atomic mass is 32.1. The number of nitrogens with one attached hydrogen (secondary N) is 1. The summed E-state index contributed by atoms with van der Waals surface area (Å²) in [4.78, 5) is 0. The quantitative estimate of drug-likeness (QED) is 0.179. The van der Waals surface area contributed by atoms with Gasteiger partial charge in [-0.2, -0.15) is 0 Å². The van der Waals surface area contributed by atoms with E-state index < -0.39 is 0 Å². The van der Waals surface area contributed by atoms with E-state index in [4.69, 9.17) is 4.42 Å². The summed E-state index contributed by atoms with van der Waals surface area (Å²) in [5.74, 6) is 0. The molecule has 4 aromatic heterocycles. The zero-order valence-corrected chi connectivity index (χ0v) is 43.6. The number of para-hydroxylation sites is 1. The highest BCUT2D eigenvalue weighted by Gasteiger charge is 2.38. The van der Waals surface area contributed by atoms with E-state index in [0.29, 0.717) is 0 Å². The molecule has 14 rings (SSSR count). The summed E-state index contributed by atoms with van der Waals surface area (Å²) in [7, 11) is 0.790. The first kappa shape index (κ1) is 42.5. The average Bonchev–Trinajstić information content (AvgIpc) is 4.08. The van der Waals surface area contributed by atoms with E-state index in [1.54, 1.807) is 0 Å². The Kier molecular flexibility index (Phi) is 8.61. The second-order valence-corrected chi connectivity index (χ2v) is 26.2. The van der Waals surface area contributed by atoms with Gasteiger partial charge in [0.1, 0.15) is 11.2 Å². The van der Waals surface area contributed by atoms with E-state index in [0.717, 1.165) is 35.2 Å². The summed E-state index contributed by atoms with van der Waals surface area (Å²) < 4.78 is 15.2. The van der Waals surface area contributed by atoms with E-state index in [2.05, 4.69) is 207 Å². The van der Waals surface area contributed by atoms with Gasteiger partial charge in [-0.25, -0.2) is 0 Å². The molecular weight excluding hydrogens is 888 g/mol. The number of hydrogen-bond acceptors (Lipinski definition) is 4. The van der Waals surface area contributed by atoms with Crippen LogP contribution in [-0.4, -0.2) is 11.8 Å². The van der Waals surface area contributed by atoms with Crippen molar-refractivity contribution in [2.75, 3.05) is 5.32 Å². The number of aromatic nitrogens is 1. The largest absolute Gasteiger partial charge is 0.455 e. The minimum atomic E-state index is -0.0334. The summed E-state index contributed by atoms with van der Waals surface area (Å²) in [5.41, 5.74) is 18.9. The summed E-state index contributed by atoms with van der Waals surface area (Å²) in [5, 5.41) is 14.2. The molecule has 1 aliphatic carbocycles. The van der Waals surface area contributed by atoms with E-state index in [9.17, 15) is 0 Å². The standard InChI is InChI=1S/C64H57BN2OS2/c1-61(2,3)34-19-22-36(23-20-34)66-47-32-53-39(40-29-44-45(31-52(40)70-53)64(9,10)26-25-63(44,7)8)28-42(47)55-56-38-16-11-13-17-50(38)68-60(56)57-43-27-35(62(4,5)6)21-24-48(43)67-49-33-54-41(30-46(49)65-58(55)59(57)67)37-15-12-14-18-51(37)69-54/h11-24,27-33,65-66H,25-26H2,1-10H3. The highest BCUT2D eigenvalue weighted by molar-refractivity contribution is 7.26. The van der Waals surface area contributed by atoms with E-state index in [-0.39, 0.29) is 21.7 Å². The molecule has 0 amide bonds. The lowest BCUT2D eigenvalue weighted by Gasteiger charge is -2.41. The van der Waals surface area contributed by atoms with Gasteiger partial charge in [0.2, 0.25) is 0 Å². The number of benzene rings is 8. The zero-order valence-electron chi connectivity index (χ0n) is 41.9. The molecule has 0 fully saturated rings. The lowest BCUT2D eigenvalue weighted by atomic mass is 9.58. The van der Waals surface area contributed by atoms with Gasteiger partial charge in [-0.1, -0.05) is 135 Å². The summed E-state index contributed by atoms with van der Waals surface area (Å²) in [6.07, 6.45) is 2.38. The topological polar surface area (TPSA) is 30.1 Å². The Morgan fingerprint density at radius 2 is 1.20 bits per heavy atom. The molecule has 0 saturated heterocycles. The van der Waals surface area contributed by atoms with Crippen LogP contribution in [-0.2, 0) is 21.7 Å². The van der Waals surface area contributed by atoms with Gasteiger partial charge in [-0.15, -0.1) is 22.7 Å². The fourth-order valence-corrected chi connectivity index (χ4v) is 14.7. The summed E-state index contributed by atoms with van der Waals surface area (Å²) in [6.45, 7) is 23.6. The second-order valence-electron chi connectivity index (χ2n) is 24.1. The van der Waals surface area contributed by atoms with Crippen LogP contribution in [0.1, 0.15) is 104 Å². The third-order valence-corrected chi connectivity index (χ3v) is 18.8. The Balaban J connectivity index is 1.15. The number of furan rings is 1. The minimum Gasteiger partial charge on any atom is -0.455 e. The van der Waals surface area contributed by atoms with Gasteiger partial charge in [0.25, 0.3) is 0 Å². The third-order valence-electron chi connectivity index (χ3n) is 16.6. The first-order valence-corrected chi connectivity index (χ1v) is 26.9. The SMILES string of the molecule is CC(C)(C)c1ccc(Nc2cc3sc4cc5c(cc4c3cc2-c2c3c4c(c6cc(C(C)(C)C)ccc6n4-c4cc6sc7ccccc7c6cc4B3)c3oc4ccccc4c23)C(C)(C)CCC5(C)C)cc1. The van der Waals surface area contributed by atoms with Crippen LogP contribution in [0.5, 0.6) is 0 Å². The molecule has 8 aromatic carbocycles. The van der Waals surface area contributed by atoms with Gasteiger partial charge in [0, 0.05) is 73.7 Å². The van der Waals surface area contributed by atoms with Crippen LogP contribution in [0.15, 0.2) is 132 Å². The Labute approximate surface area is 418 Å². The molecule has 12 aromatic rings. The van der Waals surface area contributed by atoms with Crippen molar-refractivity contribution in [1.82, 2.24) is 4.57 Å². The number of rotatable bonds is 3. The van der Waals surface area contributed by atoms with Gasteiger partial charge in [0.15, 0.2) is 7.28 Å². The normalized spacial score (nSPS) is 15.5. The molecular formula is C64H57BN2OS2. The zero-order chi connectivity index (χ0) is 48.0. The van der Waals surface area contributed by atoms with Crippen molar-refractivity contribution in [3.8, 4) is 16.8 Å². The molecule has 0 saturated carbocycles. The van der Waals surface area contributed by atoms with Crippen LogP contribution in [0.4, 0.5) is 11.4 Å². The Morgan fingerprint density at radius 3 is 1.96 bits per heavy atom. The first-order chi connectivity index (χ1) is 33.4. The maximum atomic E-state index is 7.32. The molecule has 0 bridgehead atoms. The average molecular weight is 945 g/mol. The van der Waals surface area contributed by atoms with Crippen LogP contribution >= 0.6 is 22.7 Å². The van der Waals surface area contributed by atoms with E-state index in [1.807, 2.05) is 22.7 Å². The molecule has 0 unspecified atom stereocenters. The second kappa shape index (κ2) is 14.2. The maximum Gasteiger partial charge on any atom is 0.198 e. The number of nitrogens with zero attached hydrogens (tertiary/aromatic N) is 1. The van der Waals surface area contributed by atoms with Crippen LogP contribution < -0.4 is 16.2 Å². The Morgan fingerprint density at radius 1 is 0.571 bits per heavy atom. The molecule has 344 valence electrons. The molecule has 5 heterocycles. The van der Waals surface area contributed by atoms with Gasteiger partial charge in [0.05, 0.1) is 16.4 Å². The van der Waals surface area contributed by atoms with E-state index >= 15 is 0 Å². The Hall–Kier alpha value is -6.34. The van der Waals surface area contributed by atoms with Gasteiger partial charge < -0.3 is 14.3 Å². The lowest BCUT2D eigenvalue weighted by Crippen LogP contribution is -2.37. The number of thiophene rings is 2. The number of hydrogen-bond donors (Lipinski definition) is 1. The molecule has 0 spiro atoms. The Bertz CT molecular complexity index is 4250.